The maximum Gasteiger partial charge on any atom is 0.226 e. The summed E-state index contributed by atoms with van der Waals surface area (Å²) in [5, 5.41) is 3.07. The Hall–Kier alpha value is -2.85. The Morgan fingerprint density at radius 2 is 1.32 bits per heavy atom. The lowest BCUT2D eigenvalue weighted by molar-refractivity contribution is -0.233. The maximum atomic E-state index is 13.0. The summed E-state index contributed by atoms with van der Waals surface area (Å²) in [5.74, 6) is -0.753. The van der Waals surface area contributed by atoms with Gasteiger partial charge in [-0.25, -0.2) is 0 Å². The molecule has 0 aliphatic carbocycles. The Balaban J connectivity index is 1.34. The molecule has 1 amide bonds. The van der Waals surface area contributed by atoms with E-state index in [-0.39, 0.29) is 23.1 Å². The third-order valence-electron chi connectivity index (χ3n) is 9.98. The van der Waals surface area contributed by atoms with Crippen LogP contribution in [0, 0.1) is 0 Å². The number of carbonyl (C=O) groups excluding carboxylic acids is 1. The molecule has 3 saturated heterocycles. The van der Waals surface area contributed by atoms with E-state index in [0.29, 0.717) is 0 Å². The molecular weight excluding hydrogens is 570 g/mol. The van der Waals surface area contributed by atoms with Crippen LogP contribution < -0.4 is 5.32 Å². The van der Waals surface area contributed by atoms with Crippen LogP contribution in [-0.4, -0.2) is 57.2 Å². The summed E-state index contributed by atoms with van der Waals surface area (Å²) >= 11 is 0. The molecule has 7 nitrogen and oxygen atoms in total. The Bertz CT molecular complexity index is 1350. The third kappa shape index (κ3) is 5.46. The fourth-order valence-electron chi connectivity index (χ4n) is 6.63. The van der Waals surface area contributed by atoms with Crippen LogP contribution in [0.1, 0.15) is 51.3 Å². The summed E-state index contributed by atoms with van der Waals surface area (Å²) < 4.78 is 33.0. The highest BCUT2D eigenvalue weighted by Gasteiger charge is 2.61. The minimum absolute atomic E-state index is 0.0177. The molecule has 0 radical (unpaired) electrons. The number of rotatable bonds is 9. The van der Waals surface area contributed by atoms with E-state index >= 15 is 0 Å². The van der Waals surface area contributed by atoms with Gasteiger partial charge in [0.15, 0.2) is 12.1 Å². The minimum atomic E-state index is -2.07. The molecule has 6 atom stereocenters. The van der Waals surface area contributed by atoms with Crippen molar-refractivity contribution < 1.29 is 28.5 Å². The molecule has 0 saturated carbocycles. The quantitative estimate of drug-likeness (QED) is 0.166. The van der Waals surface area contributed by atoms with Crippen molar-refractivity contribution in [2.45, 2.75) is 101 Å². The van der Waals surface area contributed by atoms with Gasteiger partial charge in [-0.3, -0.25) is 4.79 Å². The minimum Gasteiger partial charge on any atom is -0.358 e. The standard InChI is InChI=1S/C36H45NO6Si/c1-34(2,3)44(6,7)30-31(38)37-32(30)41-28-27(40-33-29(28)42-35(4,5)43-33)23-39-36(24-17-11-8-12-18-24,25-19-13-9-14-20-25)26-21-15-10-16-22-26/h8-22,27-30,32-33H,23H2,1-7H3,(H,37,38)/t27-,28+,29-,30-,32-,33-/m1/s1. The third-order valence-corrected chi connectivity index (χ3v) is 16.0. The van der Waals surface area contributed by atoms with Gasteiger partial charge in [0, 0.05) is 0 Å². The lowest BCUT2D eigenvalue weighted by Crippen LogP contribution is -2.67. The van der Waals surface area contributed by atoms with Crippen LogP contribution in [0.3, 0.4) is 0 Å². The number of carbonyl (C=O) groups is 1. The highest BCUT2D eigenvalue weighted by Crippen LogP contribution is 2.50. The summed E-state index contributed by atoms with van der Waals surface area (Å²) in [6.07, 6.45) is -2.51. The second kappa shape index (κ2) is 11.5. The number of benzene rings is 3. The van der Waals surface area contributed by atoms with Crippen LogP contribution in [0.2, 0.25) is 23.7 Å². The molecule has 8 heteroatoms. The van der Waals surface area contributed by atoms with Crippen LogP contribution in [-0.2, 0) is 34.1 Å². The second-order valence-electron chi connectivity index (χ2n) is 14.2. The highest BCUT2D eigenvalue weighted by molar-refractivity contribution is 6.85. The predicted molar refractivity (Wildman–Crippen MR) is 172 cm³/mol. The van der Waals surface area contributed by atoms with Crippen molar-refractivity contribution in [2.24, 2.45) is 0 Å². The van der Waals surface area contributed by atoms with Gasteiger partial charge in [-0.2, -0.15) is 0 Å². The van der Waals surface area contributed by atoms with Crippen molar-refractivity contribution in [3.63, 3.8) is 0 Å². The van der Waals surface area contributed by atoms with E-state index in [2.05, 4.69) is 75.6 Å². The zero-order valence-corrected chi connectivity index (χ0v) is 27.8. The smallest absolute Gasteiger partial charge is 0.226 e. The summed E-state index contributed by atoms with van der Waals surface area (Å²) in [4.78, 5) is 13.0. The Morgan fingerprint density at radius 3 is 1.77 bits per heavy atom. The molecule has 0 unspecified atom stereocenters. The first-order chi connectivity index (χ1) is 20.8. The van der Waals surface area contributed by atoms with Gasteiger partial charge >= 0.3 is 0 Å². The molecule has 3 aromatic rings. The molecule has 3 aromatic carbocycles. The highest BCUT2D eigenvalue weighted by atomic mass is 28.3. The summed E-state index contributed by atoms with van der Waals surface area (Å²) in [7, 11) is -2.07. The van der Waals surface area contributed by atoms with Gasteiger partial charge in [-0.1, -0.05) is 125 Å². The van der Waals surface area contributed by atoms with E-state index in [9.17, 15) is 4.79 Å². The molecule has 6 rings (SSSR count). The molecule has 0 aromatic heterocycles. The Labute approximate surface area is 262 Å². The number of ether oxygens (including phenoxy) is 5. The normalized spacial score (nSPS) is 28.3. The van der Waals surface area contributed by atoms with Gasteiger partial charge in [0.25, 0.3) is 0 Å². The average Bonchev–Trinajstić information content (AvgIpc) is 3.45. The predicted octanol–water partition coefficient (Wildman–Crippen LogP) is 6.59. The van der Waals surface area contributed by atoms with E-state index in [1.54, 1.807) is 0 Å². The lowest BCUT2D eigenvalue weighted by Gasteiger charge is -2.51. The van der Waals surface area contributed by atoms with Crippen molar-refractivity contribution in [1.29, 1.82) is 0 Å². The largest absolute Gasteiger partial charge is 0.358 e. The van der Waals surface area contributed by atoms with Gasteiger partial charge in [0.1, 0.15) is 30.1 Å². The van der Waals surface area contributed by atoms with Crippen LogP contribution in [0.4, 0.5) is 0 Å². The SMILES string of the molecule is CC1(C)O[C@H]2O[C@H](COC(c3ccccc3)(c3ccccc3)c3ccccc3)[C@H](O[C@H]3NC(=O)[C@H]3[Si](C)(C)C(C)(C)C)[C@H]2O1. The number of fused-ring (bicyclic) bond motifs is 1. The molecule has 0 spiro atoms. The Morgan fingerprint density at radius 1 is 0.818 bits per heavy atom. The van der Waals surface area contributed by atoms with Crippen molar-refractivity contribution >= 4 is 14.0 Å². The topological polar surface area (TPSA) is 75.3 Å². The fourth-order valence-corrected chi connectivity index (χ4v) is 9.22. The summed E-state index contributed by atoms with van der Waals surface area (Å²) in [6, 6.07) is 30.8. The average molecular weight is 616 g/mol. The van der Waals surface area contributed by atoms with Crippen LogP contribution >= 0.6 is 0 Å². The zero-order chi connectivity index (χ0) is 31.3. The van der Waals surface area contributed by atoms with Gasteiger partial charge in [0.05, 0.1) is 20.2 Å². The van der Waals surface area contributed by atoms with Crippen molar-refractivity contribution in [3.05, 3.63) is 108 Å². The maximum absolute atomic E-state index is 13.0. The van der Waals surface area contributed by atoms with Gasteiger partial charge in [-0.05, 0) is 35.6 Å². The van der Waals surface area contributed by atoms with E-state index in [1.807, 2.05) is 68.4 Å². The fraction of sp³-hybridized carbons (Fsp3) is 0.472. The van der Waals surface area contributed by atoms with Crippen LogP contribution in [0.25, 0.3) is 0 Å². The van der Waals surface area contributed by atoms with Crippen LogP contribution in [0.15, 0.2) is 91.0 Å². The van der Waals surface area contributed by atoms with Crippen molar-refractivity contribution in [1.82, 2.24) is 5.32 Å². The number of amides is 1. The van der Waals surface area contributed by atoms with E-state index in [0.717, 1.165) is 16.7 Å². The molecule has 3 aliphatic rings. The van der Waals surface area contributed by atoms with Gasteiger partial charge in [0.2, 0.25) is 5.91 Å². The van der Waals surface area contributed by atoms with E-state index in [1.165, 1.54) is 0 Å². The van der Waals surface area contributed by atoms with E-state index in [4.69, 9.17) is 23.7 Å². The molecule has 3 heterocycles. The first-order valence-electron chi connectivity index (χ1n) is 15.6. The lowest BCUT2D eigenvalue weighted by atomic mass is 9.80. The van der Waals surface area contributed by atoms with Crippen molar-refractivity contribution in [3.8, 4) is 0 Å². The number of hydrogen-bond acceptors (Lipinski definition) is 6. The number of β-lactam (4-membered cyclic amide) rings is 1. The van der Waals surface area contributed by atoms with Gasteiger partial charge in [-0.15, -0.1) is 0 Å². The first kappa shape index (κ1) is 31.1. The van der Waals surface area contributed by atoms with Gasteiger partial charge < -0.3 is 29.0 Å². The molecule has 3 fully saturated rings. The molecule has 3 aliphatic heterocycles. The molecular formula is C36H45NO6Si. The molecule has 0 bridgehead atoms. The first-order valence-corrected chi connectivity index (χ1v) is 18.7. The molecule has 234 valence electrons. The number of hydrogen-bond donors (Lipinski definition) is 1. The van der Waals surface area contributed by atoms with E-state index < -0.39 is 50.3 Å². The molecule has 1 N–H and O–H groups in total. The second-order valence-corrected chi connectivity index (χ2v) is 19.8. The summed E-state index contributed by atoms with van der Waals surface area (Å²) in [5.41, 5.74) is 1.92. The zero-order valence-electron chi connectivity index (χ0n) is 26.8. The monoisotopic (exact) mass is 615 g/mol. The van der Waals surface area contributed by atoms with Crippen molar-refractivity contribution in [2.75, 3.05) is 6.61 Å². The Kier molecular flexibility index (Phi) is 8.14. The number of nitrogens with one attached hydrogen (secondary N) is 1. The summed E-state index contributed by atoms with van der Waals surface area (Å²) in [6.45, 7) is 15.2. The molecule has 44 heavy (non-hydrogen) atoms. The van der Waals surface area contributed by atoms with Crippen LogP contribution in [0.5, 0.6) is 0 Å².